The lowest BCUT2D eigenvalue weighted by Crippen LogP contribution is -2.27. The third-order valence-corrected chi connectivity index (χ3v) is 5.39. The van der Waals surface area contributed by atoms with Crippen LogP contribution in [-0.2, 0) is 22.7 Å². The minimum atomic E-state index is -5.09. The van der Waals surface area contributed by atoms with Crippen LogP contribution < -0.4 is 20.3 Å². The number of anilines is 4. The Balaban J connectivity index is 2.03. The molecule has 15 heteroatoms. The van der Waals surface area contributed by atoms with Gasteiger partial charge in [0.1, 0.15) is 17.1 Å². The Labute approximate surface area is 208 Å². The van der Waals surface area contributed by atoms with E-state index in [2.05, 4.69) is 25.3 Å². The number of nitrogens with zero attached hydrogens (tertiary/aromatic N) is 5. The Morgan fingerprint density at radius 2 is 1.91 bits per heavy atom. The maximum Gasteiger partial charge on any atom is 0.421 e. The van der Waals surface area contributed by atoms with Gasteiger partial charge in [0.25, 0.3) is 5.91 Å². The summed E-state index contributed by atoms with van der Waals surface area (Å²) in [6.07, 6.45) is -1.94. The number of benzene rings is 1. The van der Waals surface area contributed by atoms with Gasteiger partial charge in [0.15, 0.2) is 5.82 Å². The molecule has 2 heterocycles. The van der Waals surface area contributed by atoms with Gasteiger partial charge >= 0.3 is 6.18 Å². The number of hydrogen-bond donors (Lipinski definition) is 3. The highest BCUT2D eigenvalue weighted by Gasteiger charge is 2.35. The summed E-state index contributed by atoms with van der Waals surface area (Å²) in [6.45, 7) is -5.83. The van der Waals surface area contributed by atoms with Crippen molar-refractivity contribution < 1.29 is 36.0 Å². The summed E-state index contributed by atoms with van der Waals surface area (Å²) in [7, 11) is -2.93. The number of halogens is 3. The fourth-order valence-electron chi connectivity index (χ4n) is 2.44. The van der Waals surface area contributed by atoms with E-state index in [1.807, 2.05) is 5.32 Å². The Morgan fingerprint density at radius 3 is 2.54 bits per heavy atom. The van der Waals surface area contributed by atoms with E-state index in [0.29, 0.717) is 10.5 Å². The van der Waals surface area contributed by atoms with Crippen LogP contribution in [0.15, 0.2) is 42.8 Å². The largest absolute Gasteiger partial charge is 0.421 e. The lowest BCUT2D eigenvalue weighted by molar-refractivity contribution is -0.137. The van der Waals surface area contributed by atoms with E-state index in [9.17, 15) is 26.4 Å². The summed E-state index contributed by atoms with van der Waals surface area (Å²) in [5.74, 6) is -3.36. The van der Waals surface area contributed by atoms with Crippen molar-refractivity contribution >= 4 is 39.2 Å². The number of nitrogens with one attached hydrogen (secondary N) is 3. The van der Waals surface area contributed by atoms with Crippen LogP contribution in [0.25, 0.3) is 0 Å². The first-order valence-electron chi connectivity index (χ1n) is 12.8. The van der Waals surface area contributed by atoms with Gasteiger partial charge in [-0.2, -0.15) is 18.2 Å². The van der Waals surface area contributed by atoms with Gasteiger partial charge in [-0.3, -0.25) is 14.1 Å². The standard InChI is InChI=1S/C20H21F3N8O3S/c1-24-18(32)12-4-6-13(7-5-12)29-19-28-10-14(20(21,22)23)16(30-19)27-11-15-17(26-9-8-25-15)31(2)35(3,33)34/h4-10H,11H2,1-3H3,(H,24,32)(H2,27,28,29,30)/i1D3,6D,7D,11D2. The highest BCUT2D eigenvalue weighted by Crippen LogP contribution is 2.34. The molecular formula is C20H21F3N8O3S. The predicted octanol–water partition coefficient (Wildman–Crippen LogP) is 2.40. The molecule has 0 atom stereocenters. The molecule has 11 nitrogen and oxygen atoms in total. The minimum Gasteiger partial charge on any atom is -0.364 e. The van der Waals surface area contributed by atoms with Gasteiger partial charge in [0, 0.05) is 48.0 Å². The molecule has 3 aromatic rings. The lowest BCUT2D eigenvalue weighted by Gasteiger charge is -2.19. The molecule has 3 N–H and O–H groups in total. The summed E-state index contributed by atoms with van der Waals surface area (Å²) < 4.78 is 120. The van der Waals surface area contributed by atoms with Crippen molar-refractivity contribution in [2.45, 2.75) is 12.7 Å². The molecule has 0 radical (unpaired) electrons. The van der Waals surface area contributed by atoms with Crippen LogP contribution >= 0.6 is 0 Å². The number of rotatable bonds is 8. The summed E-state index contributed by atoms with van der Waals surface area (Å²) >= 11 is 0. The van der Waals surface area contributed by atoms with Gasteiger partial charge in [-0.25, -0.2) is 18.4 Å². The van der Waals surface area contributed by atoms with Crippen LogP contribution in [0.2, 0.25) is 0 Å². The Bertz CT molecular complexity index is 1600. The normalized spacial score (nSPS) is 15.3. The molecule has 0 bridgehead atoms. The molecule has 0 saturated carbocycles. The smallest absolute Gasteiger partial charge is 0.364 e. The van der Waals surface area contributed by atoms with E-state index >= 15 is 0 Å². The molecule has 0 spiro atoms. The number of carbonyl (C=O) groups excluding carboxylic acids is 1. The summed E-state index contributed by atoms with van der Waals surface area (Å²) in [5.41, 5.74) is -2.94. The van der Waals surface area contributed by atoms with Crippen molar-refractivity contribution in [3.05, 3.63) is 59.6 Å². The van der Waals surface area contributed by atoms with Gasteiger partial charge in [-0.15, -0.1) is 0 Å². The zero-order valence-corrected chi connectivity index (χ0v) is 18.7. The monoisotopic (exact) mass is 517 g/mol. The summed E-state index contributed by atoms with van der Waals surface area (Å²) in [5, 5.41) is 6.01. The first kappa shape index (κ1) is 17.4. The van der Waals surface area contributed by atoms with Crippen molar-refractivity contribution in [3.63, 3.8) is 0 Å². The molecule has 35 heavy (non-hydrogen) atoms. The van der Waals surface area contributed by atoms with E-state index in [-0.39, 0.29) is 11.3 Å². The number of sulfonamides is 1. The number of alkyl halides is 3. The van der Waals surface area contributed by atoms with Crippen molar-refractivity contribution in [1.29, 1.82) is 0 Å². The van der Waals surface area contributed by atoms with Crippen LogP contribution in [-0.4, -0.2) is 54.5 Å². The molecule has 186 valence electrons. The first-order chi connectivity index (χ1) is 19.1. The van der Waals surface area contributed by atoms with Crippen molar-refractivity contribution in [3.8, 4) is 0 Å². The molecule has 1 amide bonds. The van der Waals surface area contributed by atoms with Gasteiger partial charge in [-0.05, 0) is 24.2 Å². The molecule has 0 aliphatic heterocycles. The second-order valence-corrected chi connectivity index (χ2v) is 8.66. The van der Waals surface area contributed by atoms with Gasteiger partial charge in [0.05, 0.1) is 18.2 Å². The molecular weight excluding hydrogens is 489 g/mol. The average Bonchev–Trinajstić information content (AvgIpc) is 2.83. The van der Waals surface area contributed by atoms with Crippen LogP contribution in [0.1, 0.15) is 31.2 Å². The number of amides is 1. The maximum absolute atomic E-state index is 13.8. The average molecular weight is 518 g/mol. The minimum absolute atomic E-state index is 0.305. The van der Waals surface area contributed by atoms with Gasteiger partial charge in [-0.1, -0.05) is 0 Å². The van der Waals surface area contributed by atoms with Crippen LogP contribution in [0.5, 0.6) is 0 Å². The lowest BCUT2D eigenvalue weighted by atomic mass is 10.2. The van der Waals surface area contributed by atoms with Crippen molar-refractivity contribution in [1.82, 2.24) is 25.3 Å². The number of aromatic nitrogens is 4. The third-order valence-electron chi connectivity index (χ3n) is 4.22. The molecule has 0 fully saturated rings. The third kappa shape index (κ3) is 6.32. The van der Waals surface area contributed by atoms with E-state index in [1.165, 1.54) is 0 Å². The SMILES string of the molecule is [2H]c1cc(C(=O)NC([2H])([2H])[2H])cc([2H])c1Nc1ncc(C(F)(F)F)c(NC([2H])([2H])c2nccnc2N(C)S(C)(=O)=O)n1. The number of carbonyl (C=O) groups is 1. The molecule has 1 aromatic carbocycles. The van der Waals surface area contributed by atoms with Gasteiger partial charge in [0.2, 0.25) is 16.0 Å². The number of hydrogen-bond acceptors (Lipinski definition) is 9. The molecule has 2 aromatic heterocycles. The maximum atomic E-state index is 13.8. The molecule has 0 aliphatic rings. The first-order valence-corrected chi connectivity index (χ1v) is 11.1. The second-order valence-electron chi connectivity index (χ2n) is 6.65. The topological polar surface area (TPSA) is 142 Å². The predicted molar refractivity (Wildman–Crippen MR) is 123 cm³/mol. The zero-order chi connectivity index (χ0) is 31.8. The van der Waals surface area contributed by atoms with Crippen LogP contribution in [0, 0.1) is 0 Å². The van der Waals surface area contributed by atoms with Crippen molar-refractivity contribution in [2.75, 3.05) is 35.2 Å². The van der Waals surface area contributed by atoms with Crippen molar-refractivity contribution in [2.24, 2.45) is 0 Å². The van der Waals surface area contributed by atoms with Gasteiger partial charge < -0.3 is 16.0 Å². The molecule has 3 rings (SSSR count). The fourth-order valence-corrected chi connectivity index (χ4v) is 2.89. The van der Waals surface area contributed by atoms with E-state index < -0.39 is 76.5 Å². The summed E-state index contributed by atoms with van der Waals surface area (Å²) in [6, 6.07) is 0.716. The Morgan fingerprint density at radius 1 is 1.23 bits per heavy atom. The summed E-state index contributed by atoms with van der Waals surface area (Å²) in [4.78, 5) is 26.9. The van der Waals surface area contributed by atoms with E-state index in [4.69, 9.17) is 9.60 Å². The Kier molecular flexibility index (Phi) is 5.02. The molecule has 0 aliphatic carbocycles. The highest BCUT2D eigenvalue weighted by atomic mass is 32.2. The van der Waals surface area contributed by atoms with Crippen LogP contribution in [0.3, 0.4) is 0 Å². The second kappa shape index (κ2) is 10.1. The van der Waals surface area contributed by atoms with Crippen LogP contribution in [0.4, 0.5) is 36.4 Å². The quantitative estimate of drug-likeness (QED) is 0.410. The van der Waals surface area contributed by atoms with E-state index in [0.717, 1.165) is 37.8 Å². The Hall–Kier alpha value is -4.01. The fraction of sp³-hybridized carbons (Fsp3) is 0.250. The molecule has 0 unspecified atom stereocenters. The van der Waals surface area contributed by atoms with E-state index in [1.54, 1.807) is 5.32 Å². The highest BCUT2D eigenvalue weighted by molar-refractivity contribution is 7.92. The molecule has 0 saturated heterocycles. The zero-order valence-electron chi connectivity index (χ0n) is 24.9.